The molecule has 1 fully saturated rings. The van der Waals surface area contributed by atoms with Gasteiger partial charge in [0.1, 0.15) is 0 Å². The quantitative estimate of drug-likeness (QED) is 0.774. The van der Waals surface area contributed by atoms with Crippen LogP contribution in [0, 0.1) is 5.92 Å². The molecule has 1 saturated heterocycles. The van der Waals surface area contributed by atoms with Crippen LogP contribution in [0.4, 0.5) is 0 Å². The molecule has 2 aliphatic rings. The molecule has 7 nitrogen and oxygen atoms in total. The third kappa shape index (κ3) is 3.86. The number of carbonyl (C=O) groups excluding carboxylic acids is 1. The number of methoxy groups -OCH3 is 2. The highest BCUT2D eigenvalue weighted by molar-refractivity contribution is 5.97. The van der Waals surface area contributed by atoms with Crippen LogP contribution in [0.3, 0.4) is 0 Å². The van der Waals surface area contributed by atoms with Crippen molar-refractivity contribution >= 4 is 5.91 Å². The third-order valence-corrected chi connectivity index (χ3v) is 5.99. The maximum absolute atomic E-state index is 13.0. The summed E-state index contributed by atoms with van der Waals surface area (Å²) in [5.74, 6) is 1.31. The maximum atomic E-state index is 13.0. The first-order valence-corrected chi connectivity index (χ1v) is 10.2. The normalized spacial score (nSPS) is 16.6. The second-order valence-corrected chi connectivity index (χ2v) is 7.77. The van der Waals surface area contributed by atoms with Gasteiger partial charge in [-0.1, -0.05) is 6.07 Å². The van der Waals surface area contributed by atoms with E-state index >= 15 is 0 Å². The van der Waals surface area contributed by atoms with E-state index in [4.69, 9.17) is 9.47 Å². The molecule has 7 heteroatoms. The van der Waals surface area contributed by atoms with Gasteiger partial charge in [0.2, 0.25) is 0 Å². The van der Waals surface area contributed by atoms with E-state index in [1.165, 1.54) is 0 Å². The molecule has 0 atom stereocenters. The Morgan fingerprint density at radius 1 is 1.17 bits per heavy atom. The van der Waals surface area contributed by atoms with Crippen LogP contribution in [0.15, 0.2) is 29.1 Å². The number of nitrogens with zero attached hydrogens (tertiary/aromatic N) is 3. The van der Waals surface area contributed by atoms with Gasteiger partial charge in [0.05, 0.1) is 25.5 Å². The molecule has 29 heavy (non-hydrogen) atoms. The topological polar surface area (TPSA) is 73.7 Å². The molecule has 1 aliphatic heterocycles. The molecular formula is C22H27N3O4. The highest BCUT2D eigenvalue weighted by Crippen LogP contribution is 2.32. The van der Waals surface area contributed by atoms with Gasteiger partial charge in [-0.15, -0.1) is 0 Å². The Labute approximate surface area is 170 Å². The second kappa shape index (κ2) is 8.27. The molecule has 0 radical (unpaired) electrons. The molecule has 2 aromatic rings. The molecular weight excluding hydrogens is 370 g/mol. The van der Waals surface area contributed by atoms with Gasteiger partial charge < -0.3 is 14.4 Å². The fraction of sp³-hybridized carbons (Fsp3) is 0.500. The average Bonchev–Trinajstić information content (AvgIpc) is 3.20. The summed E-state index contributed by atoms with van der Waals surface area (Å²) in [5.41, 5.74) is 2.69. The molecule has 1 amide bonds. The Balaban J connectivity index is 1.41. The third-order valence-electron chi connectivity index (χ3n) is 5.99. The van der Waals surface area contributed by atoms with Gasteiger partial charge in [-0.05, 0) is 55.7 Å². The minimum absolute atomic E-state index is 0.00901. The molecule has 0 saturated carbocycles. The summed E-state index contributed by atoms with van der Waals surface area (Å²) in [7, 11) is 3.11. The number of amides is 1. The van der Waals surface area contributed by atoms with Gasteiger partial charge in [-0.25, -0.2) is 4.68 Å². The van der Waals surface area contributed by atoms with E-state index in [0.717, 1.165) is 43.4 Å². The Kier molecular flexibility index (Phi) is 5.56. The summed E-state index contributed by atoms with van der Waals surface area (Å²) in [4.78, 5) is 27.2. The number of aromatic nitrogens is 2. The van der Waals surface area contributed by atoms with E-state index in [0.29, 0.717) is 42.6 Å². The van der Waals surface area contributed by atoms with Crippen molar-refractivity contribution in [3.8, 4) is 11.5 Å². The van der Waals surface area contributed by atoms with Crippen molar-refractivity contribution in [2.45, 2.75) is 38.6 Å². The Morgan fingerprint density at radius 2 is 1.97 bits per heavy atom. The minimum atomic E-state index is -0.0491. The Hall–Kier alpha value is -2.83. The molecule has 1 aliphatic carbocycles. The fourth-order valence-electron chi connectivity index (χ4n) is 4.36. The Morgan fingerprint density at radius 3 is 2.69 bits per heavy atom. The minimum Gasteiger partial charge on any atom is -0.493 e. The molecule has 4 rings (SSSR count). The number of benzene rings is 1. The number of aryl methyl sites for hydroxylation is 2. The van der Waals surface area contributed by atoms with Gasteiger partial charge in [-0.2, -0.15) is 5.10 Å². The van der Waals surface area contributed by atoms with Gasteiger partial charge >= 0.3 is 0 Å². The van der Waals surface area contributed by atoms with Gasteiger partial charge in [0.15, 0.2) is 11.5 Å². The first kappa shape index (κ1) is 19.5. The highest BCUT2D eigenvalue weighted by atomic mass is 16.5. The van der Waals surface area contributed by atoms with Crippen molar-refractivity contribution in [2.75, 3.05) is 27.3 Å². The Bertz CT molecular complexity index is 961. The van der Waals surface area contributed by atoms with Gasteiger partial charge in [0, 0.05) is 25.7 Å². The smallest absolute Gasteiger partial charge is 0.267 e. The van der Waals surface area contributed by atoms with E-state index < -0.39 is 0 Å². The van der Waals surface area contributed by atoms with E-state index in [1.807, 2.05) is 4.90 Å². The summed E-state index contributed by atoms with van der Waals surface area (Å²) in [5, 5.41) is 4.58. The molecule has 0 spiro atoms. The zero-order valence-corrected chi connectivity index (χ0v) is 17.0. The van der Waals surface area contributed by atoms with Crippen LogP contribution < -0.4 is 15.0 Å². The van der Waals surface area contributed by atoms with Crippen molar-refractivity contribution in [1.29, 1.82) is 0 Å². The standard InChI is InChI=1S/C22H27N3O4/c1-28-19-8-4-6-17(21(19)29-2)22(27)24-11-9-15(10-12-24)14-25-20(26)13-16-5-3-7-18(16)23-25/h4,6,8,13,15H,3,5,7,9-12,14H2,1-2H3. The van der Waals surface area contributed by atoms with E-state index in [-0.39, 0.29) is 11.5 Å². The number of likely N-dealkylation sites (tertiary alicyclic amines) is 1. The summed E-state index contributed by atoms with van der Waals surface area (Å²) in [6, 6.07) is 7.10. The van der Waals surface area contributed by atoms with E-state index in [1.54, 1.807) is 43.2 Å². The van der Waals surface area contributed by atoms with Crippen LogP contribution >= 0.6 is 0 Å². The SMILES string of the molecule is COc1cccc(C(=O)N2CCC(Cn3nc4c(cc3=O)CCC4)CC2)c1OC. The van der Waals surface area contributed by atoms with Crippen LogP contribution in [0.25, 0.3) is 0 Å². The number of rotatable bonds is 5. The predicted octanol–water partition coefficient (Wildman–Crippen LogP) is 2.30. The first-order valence-electron chi connectivity index (χ1n) is 10.2. The highest BCUT2D eigenvalue weighted by Gasteiger charge is 2.27. The summed E-state index contributed by atoms with van der Waals surface area (Å²) >= 11 is 0. The molecule has 1 aromatic heterocycles. The van der Waals surface area contributed by atoms with E-state index in [9.17, 15) is 9.59 Å². The maximum Gasteiger partial charge on any atom is 0.267 e. The van der Waals surface area contributed by atoms with Gasteiger partial charge in [0.25, 0.3) is 11.5 Å². The molecule has 1 aromatic carbocycles. The number of ether oxygens (including phenoxy) is 2. The number of para-hydroxylation sites is 1. The van der Waals surface area contributed by atoms with Crippen LogP contribution in [0.5, 0.6) is 11.5 Å². The number of carbonyl (C=O) groups is 1. The molecule has 0 unspecified atom stereocenters. The monoisotopic (exact) mass is 397 g/mol. The van der Waals surface area contributed by atoms with E-state index in [2.05, 4.69) is 5.10 Å². The molecule has 0 N–H and O–H groups in total. The lowest BCUT2D eigenvalue weighted by molar-refractivity contribution is 0.0676. The molecule has 0 bridgehead atoms. The zero-order chi connectivity index (χ0) is 20.4. The molecule has 2 heterocycles. The number of fused-ring (bicyclic) bond motifs is 1. The van der Waals surface area contributed by atoms with Crippen LogP contribution in [-0.2, 0) is 19.4 Å². The summed E-state index contributed by atoms with van der Waals surface area (Å²) in [6.07, 6.45) is 4.71. The van der Waals surface area contributed by atoms with Crippen LogP contribution in [-0.4, -0.2) is 47.9 Å². The number of piperidine rings is 1. The second-order valence-electron chi connectivity index (χ2n) is 7.77. The van der Waals surface area contributed by atoms with Crippen LogP contribution in [0.2, 0.25) is 0 Å². The van der Waals surface area contributed by atoms with Crippen LogP contribution in [0.1, 0.15) is 40.9 Å². The van der Waals surface area contributed by atoms with Crippen molar-refractivity contribution in [2.24, 2.45) is 5.92 Å². The van der Waals surface area contributed by atoms with Crippen molar-refractivity contribution in [3.05, 3.63) is 51.4 Å². The summed E-state index contributed by atoms with van der Waals surface area (Å²) in [6.45, 7) is 1.93. The number of hydrogen-bond donors (Lipinski definition) is 0. The zero-order valence-electron chi connectivity index (χ0n) is 17.0. The van der Waals surface area contributed by atoms with Crippen molar-refractivity contribution in [3.63, 3.8) is 0 Å². The largest absolute Gasteiger partial charge is 0.493 e. The van der Waals surface area contributed by atoms with Gasteiger partial charge in [-0.3, -0.25) is 9.59 Å². The lowest BCUT2D eigenvalue weighted by Gasteiger charge is -2.32. The lowest BCUT2D eigenvalue weighted by Crippen LogP contribution is -2.40. The summed E-state index contributed by atoms with van der Waals surface area (Å²) < 4.78 is 12.3. The molecule has 154 valence electrons. The average molecular weight is 397 g/mol. The number of hydrogen-bond acceptors (Lipinski definition) is 5. The fourth-order valence-corrected chi connectivity index (χ4v) is 4.36. The van der Waals surface area contributed by atoms with Crippen molar-refractivity contribution < 1.29 is 14.3 Å². The first-order chi connectivity index (χ1) is 14.1. The van der Waals surface area contributed by atoms with Crippen molar-refractivity contribution in [1.82, 2.24) is 14.7 Å². The lowest BCUT2D eigenvalue weighted by atomic mass is 9.96. The predicted molar refractivity (Wildman–Crippen MR) is 109 cm³/mol.